The summed E-state index contributed by atoms with van der Waals surface area (Å²) in [6.07, 6.45) is -1.65. The Hall–Kier alpha value is -1.43. The van der Waals surface area contributed by atoms with E-state index in [-0.39, 0.29) is 12.3 Å². The van der Waals surface area contributed by atoms with E-state index in [1.165, 1.54) is 39.8 Å². The Morgan fingerprint density at radius 2 is 1.71 bits per heavy atom. The highest BCUT2D eigenvalue weighted by atomic mass is 16.6. The highest BCUT2D eigenvalue weighted by molar-refractivity contribution is 5.88. The lowest BCUT2D eigenvalue weighted by Gasteiger charge is -2.21. The number of hydrogen-bond donors (Lipinski definition) is 0. The molecule has 0 rings (SSSR count). The first-order valence-electron chi connectivity index (χ1n) is 5.27. The van der Waals surface area contributed by atoms with Crippen molar-refractivity contribution in [1.29, 1.82) is 0 Å². The van der Waals surface area contributed by atoms with Crippen LogP contribution in [-0.4, -0.2) is 55.5 Å². The van der Waals surface area contributed by atoms with Crippen molar-refractivity contribution in [2.75, 3.05) is 20.7 Å². The number of ether oxygens (including phenoxy) is 2. The van der Waals surface area contributed by atoms with Crippen LogP contribution in [0.1, 0.15) is 20.8 Å². The van der Waals surface area contributed by atoms with Gasteiger partial charge >= 0.3 is 5.97 Å². The molecule has 0 aromatic carbocycles. The quantitative estimate of drug-likeness (QED) is 0.616. The van der Waals surface area contributed by atoms with Crippen LogP contribution in [0.15, 0.2) is 0 Å². The number of rotatable bonds is 6. The number of carbonyl (C=O) groups excluding carboxylic acids is 3. The summed E-state index contributed by atoms with van der Waals surface area (Å²) in [4.78, 5) is 35.1. The van der Waals surface area contributed by atoms with Crippen molar-refractivity contribution in [1.82, 2.24) is 4.90 Å². The van der Waals surface area contributed by atoms with Gasteiger partial charge in [-0.15, -0.1) is 0 Å². The van der Waals surface area contributed by atoms with Gasteiger partial charge in [-0.3, -0.25) is 9.59 Å². The van der Waals surface area contributed by atoms with Crippen LogP contribution in [-0.2, 0) is 23.9 Å². The van der Waals surface area contributed by atoms with Crippen LogP contribution in [0.3, 0.4) is 0 Å². The minimum absolute atomic E-state index is 0.000551. The number of esters is 1. The molecular weight excluding hydrogens is 226 g/mol. The molecule has 0 bridgehead atoms. The van der Waals surface area contributed by atoms with Gasteiger partial charge in [0.2, 0.25) is 0 Å². The number of nitrogens with zero attached hydrogens (tertiary/aromatic N) is 1. The molecule has 0 radical (unpaired) electrons. The molecule has 0 N–H and O–H groups in total. The third-order valence-corrected chi connectivity index (χ3v) is 2.16. The maximum Gasteiger partial charge on any atom is 0.335 e. The Labute approximate surface area is 101 Å². The molecule has 0 spiro atoms. The summed E-state index contributed by atoms with van der Waals surface area (Å²) in [6, 6.07) is 0. The molecular formula is C11H19NO5. The number of hydrogen-bond acceptors (Lipinski definition) is 5. The molecule has 0 saturated heterocycles. The molecule has 6 nitrogen and oxygen atoms in total. The Balaban J connectivity index is 4.31. The third kappa shape index (κ3) is 5.44. The van der Waals surface area contributed by atoms with Crippen LogP contribution in [0.5, 0.6) is 0 Å². The molecule has 0 fully saturated rings. The maximum atomic E-state index is 11.7. The van der Waals surface area contributed by atoms with E-state index in [2.05, 4.69) is 0 Å². The molecule has 0 heterocycles. The van der Waals surface area contributed by atoms with Gasteiger partial charge in [-0.1, -0.05) is 0 Å². The number of likely N-dealkylation sites (N-methyl/N-ethyl adjacent to an activating group) is 1. The van der Waals surface area contributed by atoms with Gasteiger partial charge in [-0.25, -0.2) is 4.79 Å². The fourth-order valence-electron chi connectivity index (χ4n) is 1.14. The highest BCUT2D eigenvalue weighted by Crippen LogP contribution is 2.01. The monoisotopic (exact) mass is 245 g/mol. The number of amides is 1. The maximum absolute atomic E-state index is 11.7. The van der Waals surface area contributed by atoms with Gasteiger partial charge in [0.15, 0.2) is 12.2 Å². The van der Waals surface area contributed by atoms with Crippen molar-refractivity contribution >= 4 is 17.7 Å². The first kappa shape index (κ1) is 15.6. The summed E-state index contributed by atoms with van der Waals surface area (Å²) in [5.41, 5.74) is 0. The molecule has 0 aromatic heterocycles. The fourth-order valence-corrected chi connectivity index (χ4v) is 1.14. The summed E-state index contributed by atoms with van der Waals surface area (Å²) in [5.74, 6) is -1.16. The van der Waals surface area contributed by atoms with Crippen molar-refractivity contribution in [3.63, 3.8) is 0 Å². The van der Waals surface area contributed by atoms with Crippen LogP contribution in [0, 0.1) is 0 Å². The van der Waals surface area contributed by atoms with Gasteiger partial charge in [0.05, 0.1) is 6.54 Å². The summed E-state index contributed by atoms with van der Waals surface area (Å²) >= 11 is 0. The van der Waals surface area contributed by atoms with Gasteiger partial charge < -0.3 is 14.4 Å². The summed E-state index contributed by atoms with van der Waals surface area (Å²) in [7, 11) is 2.86. The average molecular weight is 245 g/mol. The predicted molar refractivity (Wildman–Crippen MR) is 60.3 cm³/mol. The van der Waals surface area contributed by atoms with Crippen LogP contribution >= 0.6 is 0 Å². The minimum atomic E-state index is -0.926. The van der Waals surface area contributed by atoms with E-state index in [9.17, 15) is 14.4 Å². The molecule has 0 saturated carbocycles. The summed E-state index contributed by atoms with van der Waals surface area (Å²) < 4.78 is 9.67. The third-order valence-electron chi connectivity index (χ3n) is 2.16. The molecule has 2 atom stereocenters. The molecule has 6 heteroatoms. The van der Waals surface area contributed by atoms with E-state index in [1.807, 2.05) is 0 Å². The van der Waals surface area contributed by atoms with Crippen molar-refractivity contribution in [2.24, 2.45) is 0 Å². The molecule has 0 aliphatic heterocycles. The van der Waals surface area contributed by atoms with Crippen molar-refractivity contribution in [3.8, 4) is 0 Å². The normalized spacial score (nSPS) is 13.7. The Kier molecular flexibility index (Phi) is 6.42. The molecule has 0 aliphatic rings. The van der Waals surface area contributed by atoms with E-state index >= 15 is 0 Å². The Bertz CT molecular complexity index is 302. The second-order valence-electron chi connectivity index (χ2n) is 3.85. The van der Waals surface area contributed by atoms with Crippen LogP contribution in [0.25, 0.3) is 0 Å². The van der Waals surface area contributed by atoms with Crippen LogP contribution in [0.2, 0.25) is 0 Å². The first-order valence-corrected chi connectivity index (χ1v) is 5.27. The number of ketones is 1. The minimum Gasteiger partial charge on any atom is -0.451 e. The van der Waals surface area contributed by atoms with E-state index in [1.54, 1.807) is 0 Å². The van der Waals surface area contributed by atoms with E-state index < -0.39 is 24.1 Å². The van der Waals surface area contributed by atoms with Crippen molar-refractivity contribution in [3.05, 3.63) is 0 Å². The SMILES string of the molecule is COC(C)C(=O)OC(C)C(=O)N(C)CC(C)=O. The standard InChI is InChI=1S/C11H19NO5/c1-7(13)6-12(4)10(14)8(2)17-11(15)9(3)16-5/h8-9H,6H2,1-5H3. The topological polar surface area (TPSA) is 72.9 Å². The van der Waals surface area contributed by atoms with Crippen molar-refractivity contribution in [2.45, 2.75) is 33.0 Å². The first-order chi connectivity index (χ1) is 7.79. The van der Waals surface area contributed by atoms with Gasteiger partial charge in [0.1, 0.15) is 5.78 Å². The van der Waals surface area contributed by atoms with E-state index in [0.29, 0.717) is 0 Å². The summed E-state index contributed by atoms with van der Waals surface area (Å²) in [6.45, 7) is 4.37. The van der Waals surface area contributed by atoms with Crippen LogP contribution in [0.4, 0.5) is 0 Å². The van der Waals surface area contributed by atoms with E-state index in [0.717, 1.165) is 0 Å². The molecule has 98 valence electrons. The largest absolute Gasteiger partial charge is 0.451 e. The zero-order valence-electron chi connectivity index (χ0n) is 10.9. The number of carbonyl (C=O) groups is 3. The molecule has 17 heavy (non-hydrogen) atoms. The highest BCUT2D eigenvalue weighted by Gasteiger charge is 2.24. The van der Waals surface area contributed by atoms with Gasteiger partial charge in [-0.05, 0) is 20.8 Å². The smallest absolute Gasteiger partial charge is 0.335 e. The molecule has 0 aliphatic carbocycles. The second kappa shape index (κ2) is 7.01. The lowest BCUT2D eigenvalue weighted by molar-refractivity contribution is -0.166. The molecule has 2 unspecified atom stereocenters. The van der Waals surface area contributed by atoms with Gasteiger partial charge in [0.25, 0.3) is 5.91 Å². The number of Topliss-reactive ketones (excluding diaryl/α,β-unsaturated/α-hetero) is 1. The zero-order chi connectivity index (χ0) is 13.6. The second-order valence-corrected chi connectivity index (χ2v) is 3.85. The lowest BCUT2D eigenvalue weighted by Crippen LogP contribution is -2.41. The Morgan fingerprint density at radius 1 is 1.18 bits per heavy atom. The average Bonchev–Trinajstić information content (AvgIpc) is 2.25. The molecule has 1 amide bonds. The fraction of sp³-hybridized carbons (Fsp3) is 0.727. The molecule has 0 aromatic rings. The summed E-state index contributed by atoms with van der Waals surface area (Å²) in [5, 5.41) is 0. The van der Waals surface area contributed by atoms with Crippen molar-refractivity contribution < 1.29 is 23.9 Å². The number of methoxy groups -OCH3 is 1. The van der Waals surface area contributed by atoms with Crippen LogP contribution < -0.4 is 0 Å². The lowest BCUT2D eigenvalue weighted by atomic mass is 10.3. The van der Waals surface area contributed by atoms with E-state index in [4.69, 9.17) is 9.47 Å². The van der Waals surface area contributed by atoms with Gasteiger partial charge in [-0.2, -0.15) is 0 Å². The predicted octanol–water partition coefficient (Wildman–Crippen LogP) is 0.000400. The van der Waals surface area contributed by atoms with Gasteiger partial charge in [0, 0.05) is 14.2 Å². The Morgan fingerprint density at radius 3 is 2.12 bits per heavy atom. The zero-order valence-corrected chi connectivity index (χ0v) is 10.9.